The average molecular weight is 526 g/mol. The summed E-state index contributed by atoms with van der Waals surface area (Å²) in [6.45, 7) is 3.06. The number of cyclic esters (lactones) is 1. The minimum absolute atomic E-state index is 0.0175. The molecule has 5 aliphatic rings. The number of hydrogen-bond donors (Lipinski definition) is 3. The van der Waals surface area contributed by atoms with Gasteiger partial charge < -0.3 is 20.1 Å². The van der Waals surface area contributed by atoms with Gasteiger partial charge in [0.15, 0.2) is 0 Å². The van der Waals surface area contributed by atoms with Crippen LogP contribution in [0.4, 0.5) is 4.39 Å². The summed E-state index contributed by atoms with van der Waals surface area (Å²) in [6, 6.07) is 6.48. The highest BCUT2D eigenvalue weighted by Gasteiger charge is 2.71. The maximum Gasteiger partial charge on any atom is 0.331 e. The molecule has 7 heteroatoms. The number of aliphatic hydroxyl groups excluding tert-OH is 1. The van der Waals surface area contributed by atoms with Crippen molar-refractivity contribution in [3.05, 3.63) is 47.3 Å². The van der Waals surface area contributed by atoms with E-state index < -0.39 is 22.7 Å². The van der Waals surface area contributed by atoms with E-state index in [-0.39, 0.29) is 35.0 Å². The number of nitrogens with zero attached hydrogens (tertiary/aromatic N) is 1. The molecule has 4 fully saturated rings. The summed E-state index contributed by atoms with van der Waals surface area (Å²) in [5.74, 6) is -0.337. The Balaban J connectivity index is 1.30. The third-order valence-corrected chi connectivity index (χ3v) is 11.4. The van der Waals surface area contributed by atoms with Gasteiger partial charge in [-0.1, -0.05) is 19.1 Å². The van der Waals surface area contributed by atoms with Gasteiger partial charge in [-0.25, -0.2) is 9.18 Å². The number of halogens is 1. The Hall–Kier alpha value is -2.09. The number of carbonyl (C=O) groups excluding carboxylic acids is 1. The Morgan fingerprint density at radius 2 is 1.82 bits per heavy atom. The van der Waals surface area contributed by atoms with E-state index >= 15 is 0 Å². The molecule has 0 saturated heterocycles. The molecule has 6 rings (SSSR count). The van der Waals surface area contributed by atoms with Crippen LogP contribution in [0, 0.1) is 34.4 Å². The van der Waals surface area contributed by atoms with Gasteiger partial charge in [0.1, 0.15) is 12.4 Å². The number of carbonyl (C=O) groups is 1. The molecule has 0 radical (unpaired) electrons. The summed E-state index contributed by atoms with van der Waals surface area (Å²) in [4.78, 5) is 16.7. The predicted molar refractivity (Wildman–Crippen MR) is 141 cm³/mol. The molecule has 6 nitrogen and oxygen atoms in total. The van der Waals surface area contributed by atoms with Crippen molar-refractivity contribution in [2.24, 2.45) is 33.6 Å². The first-order valence-electron chi connectivity index (χ1n) is 14.4. The van der Waals surface area contributed by atoms with Gasteiger partial charge in [-0.15, -0.1) is 0 Å². The van der Waals surface area contributed by atoms with Crippen molar-refractivity contribution in [1.29, 1.82) is 0 Å². The highest BCUT2D eigenvalue weighted by molar-refractivity contribution is 5.85. The van der Waals surface area contributed by atoms with Crippen molar-refractivity contribution in [3.63, 3.8) is 0 Å². The fourth-order valence-corrected chi connectivity index (χ4v) is 9.43. The van der Waals surface area contributed by atoms with Gasteiger partial charge in [-0.2, -0.15) is 0 Å². The Morgan fingerprint density at radius 3 is 2.55 bits per heavy atom. The van der Waals surface area contributed by atoms with Gasteiger partial charge in [0, 0.05) is 36.1 Å². The maximum absolute atomic E-state index is 13.3. The Morgan fingerprint density at radius 1 is 1.05 bits per heavy atom. The summed E-state index contributed by atoms with van der Waals surface area (Å²) in [6.07, 6.45) is 9.80. The smallest absolute Gasteiger partial charge is 0.331 e. The number of rotatable bonds is 5. The van der Waals surface area contributed by atoms with E-state index in [2.05, 4.69) is 6.92 Å². The number of ether oxygens (including phenoxy) is 1. The molecule has 206 valence electrons. The normalized spacial score (nSPS) is 44.3. The first-order chi connectivity index (χ1) is 18.1. The highest BCUT2D eigenvalue weighted by Crippen LogP contribution is 2.70. The molecule has 1 aromatic carbocycles. The van der Waals surface area contributed by atoms with E-state index in [0.29, 0.717) is 58.1 Å². The molecule has 1 aliphatic heterocycles. The molecule has 0 spiro atoms. The molecule has 0 aromatic heterocycles. The second-order valence-electron chi connectivity index (χ2n) is 12.9. The van der Waals surface area contributed by atoms with Crippen molar-refractivity contribution >= 4 is 12.2 Å². The summed E-state index contributed by atoms with van der Waals surface area (Å²) < 4.78 is 18.5. The summed E-state index contributed by atoms with van der Waals surface area (Å²) in [5, 5.41) is 35.1. The van der Waals surface area contributed by atoms with Crippen LogP contribution in [0.15, 0.2) is 40.9 Å². The van der Waals surface area contributed by atoms with Crippen LogP contribution in [0.3, 0.4) is 0 Å². The molecule has 3 N–H and O–H groups in total. The predicted octanol–water partition coefficient (Wildman–Crippen LogP) is 4.15. The summed E-state index contributed by atoms with van der Waals surface area (Å²) >= 11 is 0. The molecule has 4 saturated carbocycles. The van der Waals surface area contributed by atoms with Crippen LogP contribution >= 0.6 is 0 Å². The summed E-state index contributed by atoms with van der Waals surface area (Å²) in [7, 11) is 0. The fraction of sp³-hybridized carbons (Fsp3) is 0.677. The highest BCUT2D eigenvalue weighted by atomic mass is 19.1. The second-order valence-corrected chi connectivity index (χ2v) is 12.9. The van der Waals surface area contributed by atoms with Gasteiger partial charge in [-0.3, -0.25) is 4.99 Å². The first-order valence-corrected chi connectivity index (χ1v) is 14.4. The second kappa shape index (κ2) is 9.24. The van der Waals surface area contributed by atoms with Crippen molar-refractivity contribution in [3.8, 4) is 0 Å². The summed E-state index contributed by atoms with van der Waals surface area (Å²) in [5.41, 5.74) is -0.865. The van der Waals surface area contributed by atoms with Crippen LogP contribution < -0.4 is 0 Å². The standard InChI is InChI=1S/C31H40FNO5/c1-28-11-7-25-26(31(28,37)14-9-24(28)21-16-27(35)38-18-21)8-13-30(36)17-23(34)6-12-29(25,30)19-33-15-10-20-2-4-22(32)5-3-20/h2-5,16,19,23-26,34,36-37H,6-15,17-18H2,1H3/t23?,24-,25-,26?,28?,29-,30?,31?/m0/s1. The zero-order valence-electron chi connectivity index (χ0n) is 22.2. The number of hydrogen-bond acceptors (Lipinski definition) is 6. The number of fused-ring (bicyclic) bond motifs is 5. The SMILES string of the molecule is CC12CC[C@H]3C(CCC4(O)CC(O)CC[C@]34C=NCCc3ccc(F)cc3)C1(O)CC[C@H]2C1=CC(=O)OC1. The van der Waals surface area contributed by atoms with Crippen LogP contribution in [-0.4, -0.2) is 58.0 Å². The van der Waals surface area contributed by atoms with Gasteiger partial charge in [-0.05, 0) is 98.8 Å². The molecule has 1 heterocycles. The largest absolute Gasteiger partial charge is 0.458 e. The molecule has 0 amide bonds. The van der Waals surface area contributed by atoms with Gasteiger partial charge >= 0.3 is 5.97 Å². The molecule has 38 heavy (non-hydrogen) atoms. The minimum atomic E-state index is -1.05. The molecule has 0 bridgehead atoms. The number of benzene rings is 1. The Labute approximate surface area is 224 Å². The van der Waals surface area contributed by atoms with Crippen molar-refractivity contribution in [1.82, 2.24) is 0 Å². The Bertz CT molecular complexity index is 1150. The molecule has 1 aromatic rings. The fourth-order valence-electron chi connectivity index (χ4n) is 9.43. The lowest BCUT2D eigenvalue weighted by Gasteiger charge is -2.65. The number of aliphatic hydroxyl groups is 3. The zero-order chi connectivity index (χ0) is 26.8. The van der Waals surface area contributed by atoms with Crippen molar-refractivity contribution in [2.75, 3.05) is 13.2 Å². The molecular weight excluding hydrogens is 485 g/mol. The van der Waals surface area contributed by atoms with E-state index in [9.17, 15) is 24.5 Å². The van der Waals surface area contributed by atoms with Gasteiger partial charge in [0.2, 0.25) is 0 Å². The monoisotopic (exact) mass is 525 g/mol. The lowest BCUT2D eigenvalue weighted by atomic mass is 9.41. The van der Waals surface area contributed by atoms with Crippen LogP contribution in [0.1, 0.15) is 70.3 Å². The van der Waals surface area contributed by atoms with Gasteiger partial charge in [0.05, 0.1) is 17.3 Å². The third-order valence-electron chi connectivity index (χ3n) is 11.4. The average Bonchev–Trinajstić information content (AvgIpc) is 3.42. The van der Waals surface area contributed by atoms with E-state index in [0.717, 1.165) is 30.4 Å². The lowest BCUT2D eigenvalue weighted by Crippen LogP contribution is -2.68. The van der Waals surface area contributed by atoms with E-state index in [1.54, 1.807) is 18.2 Å². The van der Waals surface area contributed by atoms with Crippen LogP contribution in [0.2, 0.25) is 0 Å². The van der Waals surface area contributed by atoms with Crippen LogP contribution in [0.5, 0.6) is 0 Å². The van der Waals surface area contributed by atoms with E-state index in [4.69, 9.17) is 9.73 Å². The maximum atomic E-state index is 13.3. The minimum Gasteiger partial charge on any atom is -0.458 e. The molecule has 8 atom stereocenters. The topological polar surface area (TPSA) is 99.4 Å². The quantitative estimate of drug-likeness (QED) is 0.396. The van der Waals surface area contributed by atoms with Crippen LogP contribution in [-0.2, 0) is 16.0 Å². The third kappa shape index (κ3) is 3.83. The lowest BCUT2D eigenvalue weighted by molar-refractivity contribution is -0.237. The van der Waals surface area contributed by atoms with Crippen molar-refractivity contribution in [2.45, 2.75) is 88.4 Å². The van der Waals surface area contributed by atoms with E-state index in [1.165, 1.54) is 12.1 Å². The molecule has 4 aliphatic carbocycles. The van der Waals surface area contributed by atoms with Crippen molar-refractivity contribution < 1.29 is 29.2 Å². The number of esters is 1. The zero-order valence-corrected chi connectivity index (χ0v) is 22.2. The number of aliphatic imine (C=N–C) groups is 1. The van der Waals surface area contributed by atoms with Crippen LogP contribution in [0.25, 0.3) is 0 Å². The Kier molecular flexibility index (Phi) is 6.36. The first kappa shape index (κ1) is 26.1. The van der Waals surface area contributed by atoms with Gasteiger partial charge in [0.25, 0.3) is 0 Å². The van der Waals surface area contributed by atoms with E-state index in [1.807, 2.05) is 6.21 Å². The molecular formula is C31H40FNO5. The molecule has 5 unspecified atom stereocenters.